The van der Waals surface area contributed by atoms with Crippen LogP contribution in [0.2, 0.25) is 0 Å². The van der Waals surface area contributed by atoms with Crippen LogP contribution in [0.25, 0.3) is 28.4 Å². The zero-order valence-corrected chi connectivity index (χ0v) is 18.7. The van der Waals surface area contributed by atoms with Crippen LogP contribution in [0, 0.1) is 5.92 Å². The summed E-state index contributed by atoms with van der Waals surface area (Å²) in [5.74, 6) is 0.356. The largest absolute Gasteiger partial charge is 0.0763 e. The second-order valence-corrected chi connectivity index (χ2v) is 10.1. The van der Waals surface area contributed by atoms with Gasteiger partial charge in [0, 0.05) is 11.3 Å². The lowest BCUT2D eigenvalue weighted by molar-refractivity contribution is 0.537. The van der Waals surface area contributed by atoms with E-state index in [0.717, 1.165) is 12.8 Å². The minimum Gasteiger partial charge on any atom is -0.0763 e. The van der Waals surface area contributed by atoms with Crippen LogP contribution in [0.1, 0.15) is 42.0 Å². The van der Waals surface area contributed by atoms with Crippen LogP contribution in [-0.4, -0.2) is 0 Å². The molecule has 0 aliphatic heterocycles. The average Bonchev–Trinajstić information content (AvgIpc) is 3.34. The highest BCUT2D eigenvalue weighted by Crippen LogP contribution is 2.66. The van der Waals surface area contributed by atoms with Crippen molar-refractivity contribution in [3.63, 3.8) is 0 Å². The van der Waals surface area contributed by atoms with Gasteiger partial charge in [-0.2, -0.15) is 0 Å². The molecule has 5 aliphatic rings. The number of fused-ring (bicyclic) bond motifs is 6. The second kappa shape index (κ2) is 6.02. The van der Waals surface area contributed by atoms with E-state index in [1.807, 2.05) is 0 Å². The maximum atomic E-state index is 2.52. The zero-order chi connectivity index (χ0) is 21.7. The van der Waals surface area contributed by atoms with Gasteiger partial charge in [-0.3, -0.25) is 0 Å². The SMILES string of the molecule is CC12C3=C(C(c4ccccc4)=C4C=CC=C(c5ccccc51)C42)C1=c2c3cccc2=CCC1. The fourth-order valence-corrected chi connectivity index (χ4v) is 7.53. The van der Waals surface area contributed by atoms with Crippen molar-refractivity contribution in [2.45, 2.75) is 25.2 Å². The van der Waals surface area contributed by atoms with Gasteiger partial charge in [0.05, 0.1) is 0 Å². The Hall–Kier alpha value is -3.64. The first kappa shape index (κ1) is 17.9. The molecule has 8 rings (SSSR count). The number of hydrogen-bond acceptors (Lipinski definition) is 0. The van der Waals surface area contributed by atoms with E-state index in [0.29, 0.717) is 5.92 Å². The molecule has 156 valence electrons. The molecule has 0 fully saturated rings. The Morgan fingerprint density at radius 3 is 2.55 bits per heavy atom. The van der Waals surface area contributed by atoms with Gasteiger partial charge in [-0.1, -0.05) is 104 Å². The van der Waals surface area contributed by atoms with E-state index in [-0.39, 0.29) is 5.41 Å². The molecule has 0 radical (unpaired) electrons. The highest BCUT2D eigenvalue weighted by molar-refractivity contribution is 6.13. The monoisotopic (exact) mass is 420 g/mol. The molecular formula is C33H24. The Labute approximate surface area is 194 Å². The fourth-order valence-electron chi connectivity index (χ4n) is 7.53. The maximum Gasteiger partial charge on any atom is 0.0302 e. The first-order valence-corrected chi connectivity index (χ1v) is 12.1. The normalized spacial score (nSPS) is 25.3. The van der Waals surface area contributed by atoms with Gasteiger partial charge in [0.1, 0.15) is 0 Å². The summed E-state index contributed by atoms with van der Waals surface area (Å²) in [6.07, 6.45) is 11.8. The van der Waals surface area contributed by atoms with Crippen molar-refractivity contribution in [1.29, 1.82) is 0 Å². The zero-order valence-electron chi connectivity index (χ0n) is 18.7. The van der Waals surface area contributed by atoms with Crippen molar-refractivity contribution >= 4 is 28.4 Å². The van der Waals surface area contributed by atoms with Crippen LogP contribution in [0.5, 0.6) is 0 Å². The molecule has 5 aliphatic carbocycles. The van der Waals surface area contributed by atoms with E-state index in [4.69, 9.17) is 0 Å². The van der Waals surface area contributed by atoms with E-state index >= 15 is 0 Å². The minimum absolute atomic E-state index is 0.0599. The lowest BCUT2D eigenvalue weighted by atomic mass is 9.59. The summed E-state index contributed by atoms with van der Waals surface area (Å²) in [6.45, 7) is 2.52. The number of rotatable bonds is 1. The molecule has 3 aromatic carbocycles. The van der Waals surface area contributed by atoms with E-state index < -0.39 is 0 Å². The molecule has 0 nitrogen and oxygen atoms in total. The summed E-state index contributed by atoms with van der Waals surface area (Å²) in [6, 6.07) is 27.3. The summed E-state index contributed by atoms with van der Waals surface area (Å²) in [5.41, 5.74) is 14.8. The quantitative estimate of drug-likeness (QED) is 0.440. The summed E-state index contributed by atoms with van der Waals surface area (Å²) in [5, 5.41) is 2.92. The van der Waals surface area contributed by atoms with Gasteiger partial charge in [-0.25, -0.2) is 0 Å². The van der Waals surface area contributed by atoms with Crippen LogP contribution >= 0.6 is 0 Å². The van der Waals surface area contributed by atoms with Gasteiger partial charge < -0.3 is 0 Å². The van der Waals surface area contributed by atoms with Gasteiger partial charge in [0.2, 0.25) is 0 Å². The standard InChI is InChI=1S/C33H24/c1-33-27-19-6-5-14-22(27)23-15-9-18-26(31(23)33)29(21-10-3-2-4-11-21)30-24-16-7-12-20-13-8-17-25(28(20)24)32(30)33/h2-6,8-15,17-19,31H,7,16H2,1H3. The third kappa shape index (κ3) is 2.00. The van der Waals surface area contributed by atoms with Gasteiger partial charge in [0.15, 0.2) is 0 Å². The third-order valence-corrected chi connectivity index (χ3v) is 8.65. The Bertz CT molecular complexity index is 1650. The lowest BCUT2D eigenvalue weighted by Gasteiger charge is -2.43. The van der Waals surface area contributed by atoms with Crippen molar-refractivity contribution in [1.82, 2.24) is 0 Å². The van der Waals surface area contributed by atoms with Crippen LogP contribution < -0.4 is 10.4 Å². The van der Waals surface area contributed by atoms with Gasteiger partial charge in [-0.05, 0) is 79.0 Å². The highest BCUT2D eigenvalue weighted by Gasteiger charge is 2.55. The topological polar surface area (TPSA) is 0 Å². The van der Waals surface area contributed by atoms with Crippen LogP contribution in [0.4, 0.5) is 0 Å². The Morgan fingerprint density at radius 1 is 0.818 bits per heavy atom. The Balaban J connectivity index is 1.59. The molecule has 3 aromatic rings. The van der Waals surface area contributed by atoms with Crippen molar-refractivity contribution < 1.29 is 0 Å². The first-order valence-electron chi connectivity index (χ1n) is 12.1. The predicted molar refractivity (Wildman–Crippen MR) is 137 cm³/mol. The number of hydrogen-bond donors (Lipinski definition) is 0. The molecule has 0 amide bonds. The van der Waals surface area contributed by atoms with Crippen LogP contribution in [0.15, 0.2) is 102 Å². The maximum absolute atomic E-state index is 2.52. The van der Waals surface area contributed by atoms with Crippen LogP contribution in [0.3, 0.4) is 0 Å². The molecule has 0 spiro atoms. The molecular weight excluding hydrogens is 396 g/mol. The molecule has 0 heterocycles. The lowest BCUT2D eigenvalue weighted by Crippen LogP contribution is -2.36. The van der Waals surface area contributed by atoms with E-state index in [9.17, 15) is 0 Å². The van der Waals surface area contributed by atoms with Gasteiger partial charge in [0.25, 0.3) is 0 Å². The van der Waals surface area contributed by atoms with Crippen LogP contribution in [-0.2, 0) is 5.41 Å². The molecule has 0 aromatic heterocycles. The molecule has 2 atom stereocenters. The number of benzene rings is 3. The second-order valence-electron chi connectivity index (χ2n) is 10.1. The molecule has 0 heteroatoms. The molecule has 0 N–H and O–H groups in total. The summed E-state index contributed by atoms with van der Waals surface area (Å²) in [4.78, 5) is 0. The molecule has 0 saturated carbocycles. The Morgan fingerprint density at radius 2 is 1.64 bits per heavy atom. The minimum atomic E-state index is -0.0599. The molecule has 33 heavy (non-hydrogen) atoms. The third-order valence-electron chi connectivity index (χ3n) is 8.65. The summed E-state index contributed by atoms with van der Waals surface area (Å²) in [7, 11) is 0. The van der Waals surface area contributed by atoms with Crippen molar-refractivity contribution in [3.8, 4) is 0 Å². The summed E-state index contributed by atoms with van der Waals surface area (Å²) >= 11 is 0. The molecule has 0 saturated heterocycles. The first-order chi connectivity index (χ1) is 16.3. The average molecular weight is 421 g/mol. The van der Waals surface area contributed by atoms with Crippen molar-refractivity contribution in [2.75, 3.05) is 0 Å². The van der Waals surface area contributed by atoms with E-state index in [1.165, 1.54) is 55.0 Å². The smallest absolute Gasteiger partial charge is 0.0302 e. The van der Waals surface area contributed by atoms with E-state index in [1.54, 1.807) is 11.1 Å². The Kier molecular flexibility index (Phi) is 3.26. The van der Waals surface area contributed by atoms with Crippen molar-refractivity contribution in [3.05, 3.63) is 135 Å². The van der Waals surface area contributed by atoms with Crippen molar-refractivity contribution in [2.24, 2.45) is 5.92 Å². The molecule has 2 unspecified atom stereocenters. The number of allylic oxidation sites excluding steroid dienone is 8. The molecule has 0 bridgehead atoms. The highest BCUT2D eigenvalue weighted by atomic mass is 14.6. The predicted octanol–water partition coefficient (Wildman–Crippen LogP) is 6.19. The summed E-state index contributed by atoms with van der Waals surface area (Å²) < 4.78 is 0. The fraction of sp³-hybridized carbons (Fsp3) is 0.152. The van der Waals surface area contributed by atoms with Gasteiger partial charge >= 0.3 is 0 Å². The van der Waals surface area contributed by atoms with Gasteiger partial charge in [-0.15, -0.1) is 0 Å². The van der Waals surface area contributed by atoms with E-state index in [2.05, 4.69) is 104 Å².